The molecule has 376 valence electrons. The molecule has 0 aromatic heterocycles. The van der Waals surface area contributed by atoms with E-state index in [1.54, 1.807) is 0 Å². The number of hydrogen-bond donors (Lipinski definition) is 4. The molecule has 12 nitrogen and oxygen atoms in total. The number of aliphatic hydroxyl groups excluding tert-OH is 3. The highest BCUT2D eigenvalue weighted by Gasteiger charge is 2.48. The van der Waals surface area contributed by atoms with Crippen molar-refractivity contribution in [2.45, 2.75) is 224 Å². The van der Waals surface area contributed by atoms with Crippen LogP contribution in [-0.4, -0.2) is 97.5 Å². The Morgan fingerprint density at radius 1 is 0.600 bits per heavy atom. The molecule has 0 aromatic rings. The molecule has 0 bridgehead atoms. The summed E-state index contributed by atoms with van der Waals surface area (Å²) in [6.45, 7) is 3.83. The minimum Gasteiger partial charge on any atom is -0.457 e. The zero-order valence-electron chi connectivity index (χ0n) is 40.3. The fraction of sp³-hybridized carbons (Fsp3) is 0.750. The van der Waals surface area contributed by atoms with Crippen LogP contribution < -0.4 is 0 Å². The number of carbonyl (C=O) groups is 1. The van der Waals surface area contributed by atoms with Crippen molar-refractivity contribution in [1.29, 1.82) is 0 Å². The molecule has 0 spiro atoms. The Morgan fingerprint density at radius 3 is 1.55 bits per heavy atom. The van der Waals surface area contributed by atoms with E-state index in [4.69, 9.17) is 18.9 Å². The smallest absolute Gasteiger partial charge is 0.397 e. The summed E-state index contributed by atoms with van der Waals surface area (Å²) in [4.78, 5) is 12.9. The second-order valence-corrected chi connectivity index (χ2v) is 18.1. The summed E-state index contributed by atoms with van der Waals surface area (Å²) >= 11 is 0. The Kier molecular flexibility index (Phi) is 39.9. The summed E-state index contributed by atoms with van der Waals surface area (Å²) in [5.41, 5.74) is 0. The molecule has 6 atom stereocenters. The number of allylic oxidation sites excluding steroid dienone is 12. The van der Waals surface area contributed by atoms with Gasteiger partial charge in [0, 0.05) is 13.0 Å². The molecule has 1 saturated heterocycles. The number of rotatable bonds is 43. The third-order valence-electron chi connectivity index (χ3n) is 11.1. The van der Waals surface area contributed by atoms with Crippen LogP contribution in [0.2, 0.25) is 0 Å². The SMILES string of the molecule is CC/C=C\C/C=C\C/C=C\C/C=C\CCCCCCCCCCC(=O)OC(COCCCCCCCC/C=C\C/C=C\CCCCCC)COC1OC(CO)C(O)C(OS(=O)(=O)O)C1O. The van der Waals surface area contributed by atoms with Crippen LogP contribution in [0.3, 0.4) is 0 Å². The summed E-state index contributed by atoms with van der Waals surface area (Å²) in [5.74, 6) is -0.413. The second kappa shape index (κ2) is 42.9. The average molecular weight is 939 g/mol. The van der Waals surface area contributed by atoms with Crippen molar-refractivity contribution in [3.05, 3.63) is 72.9 Å². The molecule has 0 aliphatic carbocycles. The van der Waals surface area contributed by atoms with Gasteiger partial charge in [-0.05, 0) is 83.5 Å². The Morgan fingerprint density at radius 2 is 1.06 bits per heavy atom. The van der Waals surface area contributed by atoms with E-state index in [1.165, 1.54) is 70.6 Å². The van der Waals surface area contributed by atoms with E-state index in [2.05, 4.69) is 90.9 Å². The quantitative estimate of drug-likeness (QED) is 0.0197. The molecular formula is C52H90O12S. The Balaban J connectivity index is 2.39. The van der Waals surface area contributed by atoms with Crippen molar-refractivity contribution in [2.75, 3.05) is 26.4 Å². The number of ether oxygens (including phenoxy) is 4. The highest BCUT2D eigenvalue weighted by atomic mass is 32.3. The van der Waals surface area contributed by atoms with Gasteiger partial charge in [-0.2, -0.15) is 8.42 Å². The third-order valence-corrected chi connectivity index (χ3v) is 11.5. The van der Waals surface area contributed by atoms with Crippen molar-refractivity contribution in [3.8, 4) is 0 Å². The van der Waals surface area contributed by atoms with Crippen LogP contribution in [0.5, 0.6) is 0 Å². The van der Waals surface area contributed by atoms with Crippen LogP contribution in [-0.2, 0) is 38.3 Å². The summed E-state index contributed by atoms with van der Waals surface area (Å²) in [6, 6.07) is 0. The zero-order chi connectivity index (χ0) is 47.5. The molecule has 0 amide bonds. The number of hydrogen-bond acceptors (Lipinski definition) is 11. The van der Waals surface area contributed by atoms with Gasteiger partial charge >= 0.3 is 16.4 Å². The minimum absolute atomic E-state index is 0.0220. The van der Waals surface area contributed by atoms with E-state index in [1.807, 2.05) is 0 Å². The van der Waals surface area contributed by atoms with E-state index in [-0.39, 0.29) is 19.6 Å². The van der Waals surface area contributed by atoms with E-state index in [0.29, 0.717) is 13.0 Å². The maximum atomic E-state index is 12.9. The number of aliphatic hydroxyl groups is 3. The van der Waals surface area contributed by atoms with Gasteiger partial charge in [0.2, 0.25) is 0 Å². The molecule has 1 heterocycles. The molecule has 6 unspecified atom stereocenters. The average Bonchev–Trinajstić information content (AvgIpc) is 3.28. The van der Waals surface area contributed by atoms with Gasteiger partial charge in [0.1, 0.15) is 30.5 Å². The lowest BCUT2D eigenvalue weighted by atomic mass is 9.99. The standard InChI is InChI=1S/C52H90O12S/c1-3-5-7-9-11-13-15-17-19-21-22-23-24-25-27-29-31-33-35-37-39-41-48(54)62-46(45-61-52-50(56)51(64-65(57,58)59)49(55)47(43-53)63-52)44-60-42-40-38-36-34-32-30-28-26-20-18-16-14-12-10-8-6-4-2/h5,7,11,13-14,16-17,19-20,22-23,26,46-47,49-53,55-56H,3-4,6,8-10,12,15,18,21,24-25,27-45H2,1-2H3,(H,57,58,59)/b7-5-,13-11-,16-14-,19-17-,23-22-,26-20-. The molecular weight excluding hydrogens is 849 g/mol. The lowest BCUT2D eigenvalue weighted by Gasteiger charge is -2.41. The van der Waals surface area contributed by atoms with Gasteiger partial charge in [-0.1, -0.05) is 170 Å². The van der Waals surface area contributed by atoms with Crippen LogP contribution in [0, 0.1) is 0 Å². The third kappa shape index (κ3) is 36.3. The summed E-state index contributed by atoms with van der Waals surface area (Å²) in [6.07, 6.45) is 46.4. The van der Waals surface area contributed by atoms with Crippen molar-refractivity contribution < 1.29 is 56.2 Å². The molecule has 1 fully saturated rings. The first kappa shape index (κ1) is 60.6. The number of unbranched alkanes of at least 4 members (excludes halogenated alkanes) is 18. The van der Waals surface area contributed by atoms with Gasteiger partial charge in [-0.15, -0.1) is 0 Å². The Labute approximate surface area is 394 Å². The molecule has 0 aromatic carbocycles. The van der Waals surface area contributed by atoms with E-state index in [0.717, 1.165) is 89.9 Å². The van der Waals surface area contributed by atoms with Crippen molar-refractivity contribution in [3.63, 3.8) is 0 Å². The highest BCUT2D eigenvalue weighted by Crippen LogP contribution is 2.26. The predicted octanol–water partition coefficient (Wildman–Crippen LogP) is 11.5. The van der Waals surface area contributed by atoms with Gasteiger partial charge in [0.05, 0.1) is 19.8 Å². The summed E-state index contributed by atoms with van der Waals surface area (Å²) < 4.78 is 59.2. The fourth-order valence-electron chi connectivity index (χ4n) is 7.28. The van der Waals surface area contributed by atoms with E-state index >= 15 is 0 Å². The van der Waals surface area contributed by atoms with Crippen LogP contribution in [0.1, 0.15) is 187 Å². The van der Waals surface area contributed by atoms with Gasteiger partial charge in [0.15, 0.2) is 6.29 Å². The van der Waals surface area contributed by atoms with Crippen LogP contribution in [0.4, 0.5) is 0 Å². The Hall–Kier alpha value is -2.46. The topological polar surface area (TPSA) is 178 Å². The summed E-state index contributed by atoms with van der Waals surface area (Å²) in [5, 5.41) is 30.7. The van der Waals surface area contributed by atoms with Gasteiger partial charge in [-0.25, -0.2) is 4.18 Å². The first-order valence-corrected chi connectivity index (χ1v) is 26.6. The van der Waals surface area contributed by atoms with Crippen LogP contribution in [0.25, 0.3) is 0 Å². The zero-order valence-corrected chi connectivity index (χ0v) is 41.1. The molecule has 0 radical (unpaired) electrons. The summed E-state index contributed by atoms with van der Waals surface area (Å²) in [7, 11) is -5.07. The molecule has 13 heteroatoms. The molecule has 1 rings (SSSR count). The minimum atomic E-state index is -5.07. The molecule has 0 saturated carbocycles. The number of carbonyl (C=O) groups excluding carboxylic acids is 1. The lowest BCUT2D eigenvalue weighted by molar-refractivity contribution is -0.301. The van der Waals surface area contributed by atoms with Crippen LogP contribution >= 0.6 is 0 Å². The first-order valence-electron chi connectivity index (χ1n) is 25.2. The van der Waals surface area contributed by atoms with Crippen LogP contribution in [0.15, 0.2) is 72.9 Å². The first-order chi connectivity index (χ1) is 31.6. The van der Waals surface area contributed by atoms with Gasteiger partial charge < -0.3 is 34.3 Å². The maximum Gasteiger partial charge on any atom is 0.397 e. The predicted molar refractivity (Wildman–Crippen MR) is 262 cm³/mol. The van der Waals surface area contributed by atoms with Crippen molar-refractivity contribution in [2.24, 2.45) is 0 Å². The normalized spacial score (nSPS) is 20.2. The molecule has 4 N–H and O–H groups in total. The van der Waals surface area contributed by atoms with E-state index in [9.17, 15) is 33.1 Å². The molecule has 1 aliphatic heterocycles. The highest BCUT2D eigenvalue weighted by molar-refractivity contribution is 7.80. The van der Waals surface area contributed by atoms with Crippen molar-refractivity contribution in [1.82, 2.24) is 0 Å². The monoisotopic (exact) mass is 939 g/mol. The van der Waals surface area contributed by atoms with Gasteiger partial charge in [-0.3, -0.25) is 9.35 Å². The molecule has 65 heavy (non-hydrogen) atoms. The molecule has 1 aliphatic rings. The fourth-order valence-corrected chi connectivity index (χ4v) is 7.79. The lowest BCUT2D eigenvalue weighted by Crippen LogP contribution is -2.60. The second-order valence-electron chi connectivity index (χ2n) is 17.0. The maximum absolute atomic E-state index is 12.9. The van der Waals surface area contributed by atoms with Gasteiger partial charge in [0.25, 0.3) is 0 Å². The number of esters is 1. The van der Waals surface area contributed by atoms with E-state index < -0.39 is 59.8 Å². The van der Waals surface area contributed by atoms with Crippen molar-refractivity contribution >= 4 is 16.4 Å². The largest absolute Gasteiger partial charge is 0.457 e. The Bertz CT molecular complexity index is 1410.